The molecule has 0 radical (unpaired) electrons. The zero-order chi connectivity index (χ0) is 17.9. The van der Waals surface area contributed by atoms with Crippen LogP contribution in [-0.4, -0.2) is 8.42 Å². The molecule has 7 heteroatoms. The molecular formula is C18H17FN2O2S2. The lowest BCUT2D eigenvalue weighted by Crippen LogP contribution is -2.11. The van der Waals surface area contributed by atoms with Gasteiger partial charge in [0.25, 0.3) is 10.0 Å². The number of anilines is 2. The quantitative estimate of drug-likeness (QED) is 0.661. The Kier molecular flexibility index (Phi) is 5.06. The van der Waals surface area contributed by atoms with Crippen molar-refractivity contribution < 1.29 is 12.8 Å². The van der Waals surface area contributed by atoms with Crippen molar-refractivity contribution in [2.45, 2.75) is 17.7 Å². The van der Waals surface area contributed by atoms with Crippen molar-refractivity contribution in [1.29, 1.82) is 0 Å². The van der Waals surface area contributed by atoms with E-state index in [1.807, 2.05) is 6.92 Å². The Bertz CT molecular complexity index is 950. The topological polar surface area (TPSA) is 58.2 Å². The number of benzene rings is 2. The molecular weight excluding hydrogens is 359 g/mol. The van der Waals surface area contributed by atoms with E-state index in [0.717, 1.165) is 16.1 Å². The van der Waals surface area contributed by atoms with Crippen LogP contribution in [0.2, 0.25) is 0 Å². The van der Waals surface area contributed by atoms with E-state index >= 15 is 0 Å². The minimum Gasteiger partial charge on any atom is -0.381 e. The van der Waals surface area contributed by atoms with Crippen LogP contribution in [0.25, 0.3) is 0 Å². The smallest absolute Gasteiger partial charge is 0.271 e. The summed E-state index contributed by atoms with van der Waals surface area (Å²) in [5.41, 5.74) is 2.30. The minimum absolute atomic E-state index is 0.263. The molecule has 4 nitrogen and oxygen atoms in total. The third-order valence-corrected chi connectivity index (χ3v) is 6.40. The molecule has 0 amide bonds. The second-order valence-corrected chi connectivity index (χ2v) is 8.73. The zero-order valence-corrected chi connectivity index (χ0v) is 15.1. The molecule has 1 aromatic heterocycles. The van der Waals surface area contributed by atoms with E-state index in [1.165, 1.54) is 23.5 Å². The van der Waals surface area contributed by atoms with Gasteiger partial charge in [0.15, 0.2) is 0 Å². The highest BCUT2D eigenvalue weighted by molar-refractivity contribution is 7.94. The van der Waals surface area contributed by atoms with Crippen LogP contribution < -0.4 is 10.0 Å². The summed E-state index contributed by atoms with van der Waals surface area (Å²) in [6.07, 6.45) is 0. The molecule has 3 aromatic rings. The van der Waals surface area contributed by atoms with Gasteiger partial charge >= 0.3 is 0 Å². The largest absolute Gasteiger partial charge is 0.381 e. The molecule has 0 aliphatic carbocycles. The maximum atomic E-state index is 12.9. The van der Waals surface area contributed by atoms with Gasteiger partial charge in [-0.1, -0.05) is 12.1 Å². The molecule has 1 heterocycles. The van der Waals surface area contributed by atoms with E-state index in [0.29, 0.717) is 16.4 Å². The average molecular weight is 376 g/mol. The van der Waals surface area contributed by atoms with E-state index in [-0.39, 0.29) is 5.82 Å². The molecule has 0 aliphatic rings. The number of hydrogen-bond donors (Lipinski definition) is 2. The van der Waals surface area contributed by atoms with Crippen molar-refractivity contribution in [3.63, 3.8) is 0 Å². The standard InChI is InChI=1S/C18H17FN2O2S2/c1-13-2-11-18(24-13)25(22,23)21-17-9-7-16(8-10-17)20-12-14-3-5-15(19)6-4-14/h2-11,20-21H,12H2,1H3. The van der Waals surface area contributed by atoms with Gasteiger partial charge in [-0.05, 0) is 61.0 Å². The molecule has 0 aliphatic heterocycles. The van der Waals surface area contributed by atoms with Crippen LogP contribution >= 0.6 is 11.3 Å². The molecule has 0 unspecified atom stereocenters. The highest BCUT2D eigenvalue weighted by atomic mass is 32.2. The van der Waals surface area contributed by atoms with Gasteiger partial charge in [-0.3, -0.25) is 4.72 Å². The van der Waals surface area contributed by atoms with Crippen LogP contribution in [0.15, 0.2) is 64.9 Å². The molecule has 3 rings (SSSR count). The van der Waals surface area contributed by atoms with Crippen LogP contribution in [0.3, 0.4) is 0 Å². The summed E-state index contributed by atoms with van der Waals surface area (Å²) in [5, 5.41) is 3.21. The fourth-order valence-corrected chi connectivity index (χ4v) is 4.57. The summed E-state index contributed by atoms with van der Waals surface area (Å²) in [4.78, 5) is 0.945. The molecule has 2 N–H and O–H groups in total. The number of halogens is 1. The monoisotopic (exact) mass is 376 g/mol. The molecule has 0 saturated heterocycles. The summed E-state index contributed by atoms with van der Waals surface area (Å²) >= 11 is 1.23. The third-order valence-electron chi connectivity index (χ3n) is 3.53. The van der Waals surface area contributed by atoms with Crippen LogP contribution in [0.1, 0.15) is 10.4 Å². The number of rotatable bonds is 6. The van der Waals surface area contributed by atoms with Crippen LogP contribution in [0.4, 0.5) is 15.8 Å². The number of thiophene rings is 1. The van der Waals surface area contributed by atoms with Crippen LogP contribution in [-0.2, 0) is 16.6 Å². The van der Waals surface area contributed by atoms with Gasteiger partial charge in [0, 0.05) is 22.8 Å². The summed E-state index contributed by atoms with van der Waals surface area (Å²) in [6.45, 7) is 2.42. The second-order valence-electron chi connectivity index (χ2n) is 5.53. The third kappa shape index (κ3) is 4.58. The van der Waals surface area contributed by atoms with Crippen molar-refractivity contribution in [1.82, 2.24) is 0 Å². The Balaban J connectivity index is 1.63. The highest BCUT2D eigenvalue weighted by Gasteiger charge is 2.16. The lowest BCUT2D eigenvalue weighted by molar-refractivity contribution is 0.603. The molecule has 0 fully saturated rings. The second kappa shape index (κ2) is 7.25. The van der Waals surface area contributed by atoms with Gasteiger partial charge < -0.3 is 5.32 Å². The maximum absolute atomic E-state index is 12.9. The van der Waals surface area contributed by atoms with Gasteiger partial charge in [-0.25, -0.2) is 12.8 Å². The first kappa shape index (κ1) is 17.4. The van der Waals surface area contributed by atoms with Crippen molar-refractivity contribution >= 4 is 32.7 Å². The lowest BCUT2D eigenvalue weighted by Gasteiger charge is -2.09. The van der Waals surface area contributed by atoms with Crippen LogP contribution in [0.5, 0.6) is 0 Å². The van der Waals surface area contributed by atoms with E-state index in [9.17, 15) is 12.8 Å². The first-order valence-corrected chi connectivity index (χ1v) is 9.90. The van der Waals surface area contributed by atoms with Gasteiger partial charge in [0.05, 0.1) is 0 Å². The fourth-order valence-electron chi connectivity index (χ4n) is 2.22. The molecule has 2 aromatic carbocycles. The van der Waals surface area contributed by atoms with Crippen LogP contribution in [0, 0.1) is 12.7 Å². The van der Waals surface area contributed by atoms with Crippen molar-refractivity contribution in [3.05, 3.63) is 76.9 Å². The first-order valence-electron chi connectivity index (χ1n) is 7.60. The average Bonchev–Trinajstić information content (AvgIpc) is 3.03. The predicted octanol–water partition coefficient (Wildman–Crippen LogP) is 4.61. The Morgan fingerprint density at radius 2 is 1.56 bits per heavy atom. The van der Waals surface area contributed by atoms with E-state index in [4.69, 9.17) is 0 Å². The maximum Gasteiger partial charge on any atom is 0.271 e. The molecule has 0 saturated carbocycles. The summed E-state index contributed by atoms with van der Waals surface area (Å²) in [7, 11) is -3.55. The lowest BCUT2D eigenvalue weighted by atomic mass is 10.2. The summed E-state index contributed by atoms with van der Waals surface area (Å²) in [5.74, 6) is -0.263. The number of nitrogens with one attached hydrogen (secondary N) is 2. The molecule has 0 spiro atoms. The van der Waals surface area contributed by atoms with Gasteiger partial charge in [0.1, 0.15) is 10.0 Å². The van der Waals surface area contributed by atoms with Crippen molar-refractivity contribution in [3.8, 4) is 0 Å². The van der Waals surface area contributed by atoms with E-state index in [2.05, 4.69) is 10.0 Å². The normalized spacial score (nSPS) is 11.3. The van der Waals surface area contributed by atoms with Crippen molar-refractivity contribution in [2.75, 3.05) is 10.0 Å². The number of sulfonamides is 1. The minimum atomic E-state index is -3.55. The van der Waals surface area contributed by atoms with Gasteiger partial charge in [-0.15, -0.1) is 11.3 Å². The Morgan fingerprint density at radius 3 is 2.16 bits per heavy atom. The number of hydrogen-bond acceptors (Lipinski definition) is 4. The SMILES string of the molecule is Cc1ccc(S(=O)(=O)Nc2ccc(NCc3ccc(F)cc3)cc2)s1. The summed E-state index contributed by atoms with van der Waals surface area (Å²) in [6, 6.07) is 16.6. The Labute approximate surface area is 150 Å². The molecule has 0 bridgehead atoms. The zero-order valence-electron chi connectivity index (χ0n) is 13.5. The van der Waals surface area contributed by atoms with E-state index in [1.54, 1.807) is 48.5 Å². The molecule has 130 valence electrons. The number of aryl methyl sites for hydroxylation is 1. The van der Waals surface area contributed by atoms with Crippen molar-refractivity contribution in [2.24, 2.45) is 0 Å². The first-order chi connectivity index (χ1) is 11.9. The molecule has 25 heavy (non-hydrogen) atoms. The fraction of sp³-hybridized carbons (Fsp3) is 0.111. The van der Waals surface area contributed by atoms with Gasteiger partial charge in [0.2, 0.25) is 0 Å². The predicted molar refractivity (Wildman–Crippen MR) is 100 cm³/mol. The van der Waals surface area contributed by atoms with Gasteiger partial charge in [-0.2, -0.15) is 0 Å². The summed E-state index contributed by atoms with van der Waals surface area (Å²) < 4.78 is 40.3. The molecule has 0 atom stereocenters. The Hall–Kier alpha value is -2.38. The van der Waals surface area contributed by atoms with E-state index < -0.39 is 10.0 Å². The Morgan fingerprint density at radius 1 is 0.920 bits per heavy atom. The highest BCUT2D eigenvalue weighted by Crippen LogP contribution is 2.24.